The van der Waals surface area contributed by atoms with Gasteiger partial charge in [0.1, 0.15) is 6.17 Å². The zero-order valence-corrected chi connectivity index (χ0v) is 29.9. The van der Waals surface area contributed by atoms with Crippen molar-refractivity contribution in [2.24, 2.45) is 0 Å². The summed E-state index contributed by atoms with van der Waals surface area (Å²) >= 11 is 0. The first-order valence-electron chi connectivity index (χ1n) is 19.0. The quantitative estimate of drug-likeness (QED) is 0.185. The van der Waals surface area contributed by atoms with Gasteiger partial charge >= 0.3 is 0 Å². The van der Waals surface area contributed by atoms with Crippen LogP contribution in [0.5, 0.6) is 0 Å². The van der Waals surface area contributed by atoms with E-state index in [1.165, 1.54) is 76.4 Å². The van der Waals surface area contributed by atoms with E-state index in [1.54, 1.807) is 0 Å². The number of anilines is 3. The zero-order valence-electron chi connectivity index (χ0n) is 29.9. The molecule has 1 unspecified atom stereocenters. The van der Waals surface area contributed by atoms with Crippen molar-refractivity contribution in [2.45, 2.75) is 6.17 Å². The Kier molecular flexibility index (Phi) is 6.37. The molecule has 2 aromatic heterocycles. The molecule has 1 atom stereocenters. The van der Waals surface area contributed by atoms with Crippen molar-refractivity contribution >= 4 is 82.2 Å². The van der Waals surface area contributed by atoms with Crippen molar-refractivity contribution in [3.05, 3.63) is 200 Å². The SMILES string of the molecule is c1ccc(C2Nc3ccc4ccc5cc(-n6c7ccccc7c7cc8c9ccccc9n(-c9ccccc9)c8cc76)ccc5c4c3N2c2ccccc2)cc1. The molecule has 11 aromatic rings. The molecule has 3 heterocycles. The van der Waals surface area contributed by atoms with E-state index in [0.29, 0.717) is 0 Å². The van der Waals surface area contributed by atoms with Crippen LogP contribution in [0.4, 0.5) is 17.1 Å². The molecule has 1 aliphatic heterocycles. The van der Waals surface area contributed by atoms with Gasteiger partial charge in [0.05, 0.1) is 33.4 Å². The second-order valence-corrected chi connectivity index (χ2v) is 14.6. The Bertz CT molecular complexity index is 3290. The Hall–Kier alpha value is -7.30. The Morgan fingerprint density at radius 1 is 0.364 bits per heavy atom. The molecule has 1 N–H and O–H groups in total. The van der Waals surface area contributed by atoms with Crippen LogP contribution in [0, 0.1) is 0 Å². The second-order valence-electron chi connectivity index (χ2n) is 14.6. The van der Waals surface area contributed by atoms with Crippen molar-refractivity contribution in [3.63, 3.8) is 0 Å². The third kappa shape index (κ3) is 4.40. The minimum atomic E-state index is -0.0281. The van der Waals surface area contributed by atoms with Gasteiger partial charge in [0, 0.05) is 44.0 Å². The van der Waals surface area contributed by atoms with Crippen molar-refractivity contribution in [1.82, 2.24) is 9.13 Å². The van der Waals surface area contributed by atoms with E-state index in [2.05, 4.69) is 213 Å². The lowest BCUT2D eigenvalue weighted by Crippen LogP contribution is -2.23. The molecular formula is C51H34N4. The van der Waals surface area contributed by atoms with E-state index in [9.17, 15) is 0 Å². The number of rotatable bonds is 4. The maximum absolute atomic E-state index is 3.89. The fraction of sp³-hybridized carbons (Fsp3) is 0.0196. The van der Waals surface area contributed by atoms with Crippen LogP contribution in [0.2, 0.25) is 0 Å². The fourth-order valence-electron chi connectivity index (χ4n) is 9.27. The minimum Gasteiger partial charge on any atom is -0.359 e. The molecule has 4 heteroatoms. The third-order valence-corrected chi connectivity index (χ3v) is 11.6. The average Bonchev–Trinajstić information content (AvgIpc) is 3.91. The number of fused-ring (bicyclic) bond motifs is 11. The zero-order chi connectivity index (χ0) is 36.0. The summed E-state index contributed by atoms with van der Waals surface area (Å²) in [5.41, 5.74) is 11.9. The highest BCUT2D eigenvalue weighted by atomic mass is 15.3. The highest BCUT2D eigenvalue weighted by Crippen LogP contribution is 2.51. The van der Waals surface area contributed by atoms with Gasteiger partial charge in [-0.25, -0.2) is 0 Å². The van der Waals surface area contributed by atoms with Crippen LogP contribution >= 0.6 is 0 Å². The highest BCUT2D eigenvalue weighted by molar-refractivity contribution is 6.21. The normalized spacial score (nSPS) is 14.1. The summed E-state index contributed by atoms with van der Waals surface area (Å²) in [6.45, 7) is 0. The van der Waals surface area contributed by atoms with E-state index < -0.39 is 0 Å². The van der Waals surface area contributed by atoms with E-state index in [4.69, 9.17) is 0 Å². The van der Waals surface area contributed by atoms with Gasteiger partial charge in [-0.3, -0.25) is 0 Å². The van der Waals surface area contributed by atoms with Crippen molar-refractivity contribution in [3.8, 4) is 11.4 Å². The molecule has 0 saturated heterocycles. The molecule has 12 rings (SSSR count). The molecule has 0 radical (unpaired) electrons. The van der Waals surface area contributed by atoms with Gasteiger partial charge in [0.15, 0.2) is 0 Å². The number of benzene rings is 9. The largest absolute Gasteiger partial charge is 0.359 e. The van der Waals surface area contributed by atoms with Crippen LogP contribution < -0.4 is 10.2 Å². The first kappa shape index (κ1) is 30.2. The molecule has 0 spiro atoms. The minimum absolute atomic E-state index is 0.0281. The summed E-state index contributed by atoms with van der Waals surface area (Å²) < 4.78 is 4.87. The lowest BCUT2D eigenvalue weighted by molar-refractivity contribution is 0.830. The number of para-hydroxylation sites is 4. The van der Waals surface area contributed by atoms with Crippen LogP contribution in [-0.4, -0.2) is 9.13 Å². The molecule has 0 saturated carbocycles. The van der Waals surface area contributed by atoms with Crippen LogP contribution in [-0.2, 0) is 0 Å². The Morgan fingerprint density at radius 3 is 1.62 bits per heavy atom. The van der Waals surface area contributed by atoms with Crippen LogP contribution in [0.1, 0.15) is 11.7 Å². The lowest BCUT2D eigenvalue weighted by Gasteiger charge is -2.28. The van der Waals surface area contributed by atoms with Crippen LogP contribution in [0.15, 0.2) is 194 Å². The van der Waals surface area contributed by atoms with Crippen molar-refractivity contribution in [2.75, 3.05) is 10.2 Å². The summed E-state index contributed by atoms with van der Waals surface area (Å²) in [4.78, 5) is 2.48. The number of hydrogen-bond acceptors (Lipinski definition) is 2. The Balaban J connectivity index is 1.11. The van der Waals surface area contributed by atoms with E-state index in [0.717, 1.165) is 22.7 Å². The fourth-order valence-corrected chi connectivity index (χ4v) is 9.27. The Labute approximate surface area is 317 Å². The van der Waals surface area contributed by atoms with E-state index >= 15 is 0 Å². The first-order chi connectivity index (χ1) is 27.3. The van der Waals surface area contributed by atoms with Crippen LogP contribution in [0.25, 0.3) is 76.5 Å². The van der Waals surface area contributed by atoms with Gasteiger partial charge in [-0.2, -0.15) is 0 Å². The number of nitrogens with zero attached hydrogens (tertiary/aromatic N) is 3. The van der Waals surface area contributed by atoms with E-state index in [1.807, 2.05) is 0 Å². The maximum atomic E-state index is 3.89. The molecule has 1 aliphatic rings. The van der Waals surface area contributed by atoms with Gasteiger partial charge < -0.3 is 19.4 Å². The molecule has 0 fully saturated rings. The van der Waals surface area contributed by atoms with Gasteiger partial charge in [-0.05, 0) is 88.5 Å². The third-order valence-electron chi connectivity index (χ3n) is 11.6. The second kappa shape index (κ2) is 11.6. The van der Waals surface area contributed by atoms with Crippen molar-refractivity contribution in [1.29, 1.82) is 0 Å². The summed E-state index contributed by atoms with van der Waals surface area (Å²) in [7, 11) is 0. The van der Waals surface area contributed by atoms with E-state index in [-0.39, 0.29) is 6.17 Å². The first-order valence-corrected chi connectivity index (χ1v) is 19.0. The monoisotopic (exact) mass is 702 g/mol. The van der Waals surface area contributed by atoms with Gasteiger partial charge in [-0.15, -0.1) is 0 Å². The predicted octanol–water partition coefficient (Wildman–Crippen LogP) is 13.4. The molecule has 0 bridgehead atoms. The predicted molar refractivity (Wildman–Crippen MR) is 232 cm³/mol. The topological polar surface area (TPSA) is 25.1 Å². The number of aromatic nitrogens is 2. The summed E-state index contributed by atoms with van der Waals surface area (Å²) in [5.74, 6) is 0. The molecule has 258 valence electrons. The maximum Gasteiger partial charge on any atom is 0.130 e. The smallest absolute Gasteiger partial charge is 0.130 e. The summed E-state index contributed by atoms with van der Waals surface area (Å²) in [6.07, 6.45) is -0.0281. The highest BCUT2D eigenvalue weighted by Gasteiger charge is 2.33. The molecule has 4 nitrogen and oxygen atoms in total. The van der Waals surface area contributed by atoms with Gasteiger partial charge in [0.25, 0.3) is 0 Å². The van der Waals surface area contributed by atoms with Crippen molar-refractivity contribution < 1.29 is 0 Å². The van der Waals surface area contributed by atoms with Gasteiger partial charge in [0.2, 0.25) is 0 Å². The van der Waals surface area contributed by atoms with Crippen LogP contribution in [0.3, 0.4) is 0 Å². The standard InChI is InChI=1S/C51H34N4/c1-4-14-34(15-5-1)51-52-44-29-26-33-24-25-35-30-38(27-28-39(35)49(33)50(44)55(51)37-18-8-3-9-19-37)54-46-23-13-11-21-41(46)43-31-42-40-20-10-12-22-45(40)53(47(42)32-48(43)54)36-16-6-2-7-17-36/h1-32,51-52H. The molecular weight excluding hydrogens is 669 g/mol. The summed E-state index contributed by atoms with van der Waals surface area (Å²) in [6, 6.07) is 70.8. The number of nitrogens with one attached hydrogen (secondary N) is 1. The molecule has 0 aliphatic carbocycles. The number of hydrogen-bond donors (Lipinski definition) is 1. The molecule has 9 aromatic carbocycles. The Morgan fingerprint density at radius 2 is 0.927 bits per heavy atom. The van der Waals surface area contributed by atoms with Gasteiger partial charge in [-0.1, -0.05) is 127 Å². The lowest BCUT2D eigenvalue weighted by atomic mass is 9.98. The average molecular weight is 703 g/mol. The molecule has 0 amide bonds. The summed E-state index contributed by atoms with van der Waals surface area (Å²) in [5, 5.41) is 13.9. The molecule has 55 heavy (non-hydrogen) atoms.